The molecule has 0 aromatic heterocycles. The van der Waals surface area contributed by atoms with Gasteiger partial charge in [-0.3, -0.25) is 0 Å². The van der Waals surface area contributed by atoms with Crippen molar-refractivity contribution < 1.29 is 4.74 Å². The van der Waals surface area contributed by atoms with Gasteiger partial charge in [-0.2, -0.15) is 10.5 Å². The molecular formula is C11H10N2O. The van der Waals surface area contributed by atoms with Gasteiger partial charge in [0.05, 0.1) is 31.2 Å². The maximum atomic E-state index is 8.84. The van der Waals surface area contributed by atoms with E-state index in [4.69, 9.17) is 15.3 Å². The Labute approximate surface area is 83.2 Å². The molecule has 0 heterocycles. The second kappa shape index (κ2) is 4.30. The lowest BCUT2D eigenvalue weighted by Crippen LogP contribution is -1.94. The Balaban J connectivity index is 3.30. The van der Waals surface area contributed by atoms with Gasteiger partial charge in [0.2, 0.25) is 0 Å². The van der Waals surface area contributed by atoms with Crippen molar-refractivity contribution >= 4 is 0 Å². The highest BCUT2D eigenvalue weighted by Gasteiger charge is 2.06. The number of nitrogens with zero attached hydrogens (tertiary/aromatic N) is 2. The van der Waals surface area contributed by atoms with Crippen LogP contribution in [0.4, 0.5) is 0 Å². The topological polar surface area (TPSA) is 56.8 Å². The van der Waals surface area contributed by atoms with Crippen LogP contribution < -0.4 is 4.74 Å². The molecule has 14 heavy (non-hydrogen) atoms. The Morgan fingerprint density at radius 1 is 1.36 bits per heavy atom. The minimum atomic E-state index is 0.303. The van der Waals surface area contributed by atoms with Gasteiger partial charge in [-0.05, 0) is 30.2 Å². The van der Waals surface area contributed by atoms with Crippen LogP contribution in [-0.2, 0) is 6.42 Å². The minimum absolute atomic E-state index is 0.303. The summed E-state index contributed by atoms with van der Waals surface area (Å²) < 4.78 is 5.04. The van der Waals surface area contributed by atoms with Crippen LogP contribution in [0.25, 0.3) is 0 Å². The third kappa shape index (κ3) is 1.84. The summed E-state index contributed by atoms with van der Waals surface area (Å²) in [6.07, 6.45) is 0.303. The van der Waals surface area contributed by atoms with E-state index in [0.717, 1.165) is 11.1 Å². The molecule has 0 N–H and O–H groups in total. The normalized spacial score (nSPS) is 8.86. The molecule has 3 nitrogen and oxygen atoms in total. The molecular weight excluding hydrogens is 176 g/mol. The van der Waals surface area contributed by atoms with E-state index in [9.17, 15) is 0 Å². The average Bonchev–Trinajstić information content (AvgIpc) is 2.21. The van der Waals surface area contributed by atoms with Crippen molar-refractivity contribution in [3.8, 4) is 17.9 Å². The van der Waals surface area contributed by atoms with Crippen LogP contribution in [-0.4, -0.2) is 7.11 Å². The number of hydrogen-bond acceptors (Lipinski definition) is 3. The smallest absolute Gasteiger partial charge is 0.120 e. The molecule has 0 amide bonds. The lowest BCUT2D eigenvalue weighted by Gasteiger charge is -2.07. The average molecular weight is 186 g/mol. The minimum Gasteiger partial charge on any atom is -0.497 e. The predicted octanol–water partition coefficient (Wildman–Crippen LogP) is 1.94. The number of rotatable bonds is 2. The van der Waals surface area contributed by atoms with Crippen LogP contribution >= 0.6 is 0 Å². The van der Waals surface area contributed by atoms with Gasteiger partial charge in [-0.1, -0.05) is 0 Å². The van der Waals surface area contributed by atoms with E-state index < -0.39 is 0 Å². The van der Waals surface area contributed by atoms with Crippen molar-refractivity contribution in [1.82, 2.24) is 0 Å². The van der Waals surface area contributed by atoms with Gasteiger partial charge < -0.3 is 4.74 Å². The zero-order valence-electron chi connectivity index (χ0n) is 8.16. The van der Waals surface area contributed by atoms with E-state index in [0.29, 0.717) is 17.7 Å². The number of benzene rings is 1. The maximum Gasteiger partial charge on any atom is 0.120 e. The fourth-order valence-electron chi connectivity index (χ4n) is 1.25. The van der Waals surface area contributed by atoms with Crippen molar-refractivity contribution in [2.45, 2.75) is 13.3 Å². The lowest BCUT2D eigenvalue weighted by molar-refractivity contribution is 0.414. The summed E-state index contributed by atoms with van der Waals surface area (Å²) in [7, 11) is 1.54. The van der Waals surface area contributed by atoms with Crippen LogP contribution in [0.2, 0.25) is 0 Å². The van der Waals surface area contributed by atoms with Crippen LogP contribution in [0.15, 0.2) is 12.1 Å². The van der Waals surface area contributed by atoms with E-state index in [2.05, 4.69) is 12.1 Å². The second-order valence-electron chi connectivity index (χ2n) is 2.91. The van der Waals surface area contributed by atoms with Crippen molar-refractivity contribution in [2.24, 2.45) is 0 Å². The van der Waals surface area contributed by atoms with Crippen molar-refractivity contribution in [3.05, 3.63) is 28.8 Å². The van der Waals surface area contributed by atoms with Gasteiger partial charge >= 0.3 is 0 Å². The summed E-state index contributed by atoms with van der Waals surface area (Å²) >= 11 is 0. The maximum absolute atomic E-state index is 8.84. The summed E-state index contributed by atoms with van der Waals surface area (Å²) in [5.41, 5.74) is 2.27. The number of hydrogen-bond donors (Lipinski definition) is 0. The zero-order chi connectivity index (χ0) is 10.6. The Hall–Kier alpha value is -2.00. The predicted molar refractivity (Wildman–Crippen MR) is 51.8 cm³/mol. The molecule has 0 atom stereocenters. The summed E-state index contributed by atoms with van der Waals surface area (Å²) in [5, 5.41) is 17.4. The van der Waals surface area contributed by atoms with Gasteiger partial charge in [0.25, 0.3) is 0 Å². The third-order valence-corrected chi connectivity index (χ3v) is 2.11. The summed E-state index contributed by atoms with van der Waals surface area (Å²) in [6.45, 7) is 1.84. The monoisotopic (exact) mass is 186 g/mol. The highest BCUT2D eigenvalue weighted by Crippen LogP contribution is 2.21. The van der Waals surface area contributed by atoms with E-state index in [1.807, 2.05) is 6.92 Å². The molecule has 0 saturated carbocycles. The molecule has 0 fully saturated rings. The molecule has 0 aliphatic heterocycles. The molecule has 70 valence electrons. The lowest BCUT2D eigenvalue weighted by atomic mass is 10.0. The largest absolute Gasteiger partial charge is 0.497 e. The fraction of sp³-hybridized carbons (Fsp3) is 0.273. The molecule has 1 aromatic carbocycles. The van der Waals surface area contributed by atoms with Crippen molar-refractivity contribution in [1.29, 1.82) is 10.5 Å². The van der Waals surface area contributed by atoms with Crippen LogP contribution in [0.3, 0.4) is 0 Å². The first-order chi connectivity index (χ1) is 6.72. The van der Waals surface area contributed by atoms with Gasteiger partial charge in [-0.15, -0.1) is 0 Å². The Morgan fingerprint density at radius 3 is 2.57 bits per heavy atom. The van der Waals surface area contributed by atoms with E-state index in [1.165, 1.54) is 0 Å². The molecule has 0 aliphatic carbocycles. The van der Waals surface area contributed by atoms with Gasteiger partial charge in [0.1, 0.15) is 5.75 Å². The summed E-state index contributed by atoms with van der Waals surface area (Å²) in [5.74, 6) is 0.623. The highest BCUT2D eigenvalue weighted by molar-refractivity contribution is 5.48. The van der Waals surface area contributed by atoms with E-state index in [1.54, 1.807) is 19.2 Å². The molecule has 0 radical (unpaired) electrons. The van der Waals surface area contributed by atoms with Gasteiger partial charge in [0, 0.05) is 0 Å². The Morgan fingerprint density at radius 2 is 2.07 bits per heavy atom. The number of nitriles is 2. The van der Waals surface area contributed by atoms with E-state index in [-0.39, 0.29) is 0 Å². The van der Waals surface area contributed by atoms with Crippen LogP contribution in [0.5, 0.6) is 5.75 Å². The molecule has 0 aliphatic rings. The Kier molecular flexibility index (Phi) is 3.09. The standard InChI is InChI=1S/C11H10N2O/c1-8-9(3-4-12)5-11(14-2)6-10(8)7-13/h5-6H,3H2,1-2H3. The first-order valence-electron chi connectivity index (χ1n) is 4.17. The SMILES string of the molecule is COc1cc(C#N)c(C)c(CC#N)c1. The summed E-state index contributed by atoms with van der Waals surface area (Å²) in [6, 6.07) is 7.61. The molecule has 1 aromatic rings. The van der Waals surface area contributed by atoms with Crippen molar-refractivity contribution in [3.63, 3.8) is 0 Å². The van der Waals surface area contributed by atoms with E-state index >= 15 is 0 Å². The molecule has 0 saturated heterocycles. The first kappa shape index (κ1) is 10.1. The molecule has 1 rings (SSSR count). The molecule has 0 unspecified atom stereocenters. The van der Waals surface area contributed by atoms with Gasteiger partial charge in [-0.25, -0.2) is 0 Å². The molecule has 0 spiro atoms. The zero-order valence-corrected chi connectivity index (χ0v) is 8.16. The van der Waals surface area contributed by atoms with Crippen LogP contribution in [0.1, 0.15) is 16.7 Å². The highest BCUT2D eigenvalue weighted by atomic mass is 16.5. The number of methoxy groups -OCH3 is 1. The first-order valence-corrected chi connectivity index (χ1v) is 4.17. The fourth-order valence-corrected chi connectivity index (χ4v) is 1.25. The Bertz CT molecular complexity index is 424. The second-order valence-corrected chi connectivity index (χ2v) is 2.91. The third-order valence-electron chi connectivity index (χ3n) is 2.11. The quantitative estimate of drug-likeness (QED) is 0.709. The van der Waals surface area contributed by atoms with Crippen LogP contribution in [0, 0.1) is 29.6 Å². The van der Waals surface area contributed by atoms with Gasteiger partial charge in [0.15, 0.2) is 0 Å². The van der Waals surface area contributed by atoms with Crippen molar-refractivity contribution in [2.75, 3.05) is 7.11 Å². The molecule has 3 heteroatoms. The number of ether oxygens (including phenoxy) is 1. The summed E-state index contributed by atoms with van der Waals surface area (Å²) in [4.78, 5) is 0. The molecule has 0 bridgehead atoms.